The molecule has 1 saturated heterocycles. The van der Waals surface area contributed by atoms with E-state index in [4.69, 9.17) is 5.26 Å². The summed E-state index contributed by atoms with van der Waals surface area (Å²) in [7, 11) is 0. The molecule has 0 atom stereocenters. The Morgan fingerprint density at radius 1 is 1.38 bits per heavy atom. The van der Waals surface area contributed by atoms with Crippen LogP contribution < -0.4 is 4.90 Å². The standard InChI is InChI=1S/C12H11FN2O/c13-11-5-4-10(7-9(11)8-14)15-6-2-1-3-12(15)16/h4-5,7H,1-3,6H2. The van der Waals surface area contributed by atoms with Crippen LogP contribution in [0.4, 0.5) is 10.1 Å². The highest BCUT2D eigenvalue weighted by atomic mass is 19.1. The summed E-state index contributed by atoms with van der Waals surface area (Å²) in [6.07, 6.45) is 2.38. The Hall–Kier alpha value is -1.89. The molecule has 4 heteroatoms. The largest absolute Gasteiger partial charge is 0.312 e. The molecule has 0 aliphatic carbocycles. The van der Waals surface area contributed by atoms with Crippen molar-refractivity contribution in [2.75, 3.05) is 11.4 Å². The second kappa shape index (κ2) is 4.31. The van der Waals surface area contributed by atoms with Crippen molar-refractivity contribution in [2.45, 2.75) is 19.3 Å². The molecule has 1 heterocycles. The average molecular weight is 218 g/mol. The van der Waals surface area contributed by atoms with Crippen molar-refractivity contribution in [1.29, 1.82) is 5.26 Å². The molecule has 0 radical (unpaired) electrons. The molecule has 2 rings (SSSR count). The first kappa shape index (κ1) is 10.6. The van der Waals surface area contributed by atoms with Gasteiger partial charge in [0, 0.05) is 18.7 Å². The van der Waals surface area contributed by atoms with E-state index in [9.17, 15) is 9.18 Å². The molecule has 16 heavy (non-hydrogen) atoms. The van der Waals surface area contributed by atoms with Gasteiger partial charge in [-0.1, -0.05) is 0 Å². The van der Waals surface area contributed by atoms with Crippen LogP contribution in [0, 0.1) is 17.1 Å². The van der Waals surface area contributed by atoms with Crippen molar-refractivity contribution >= 4 is 11.6 Å². The van der Waals surface area contributed by atoms with Crippen molar-refractivity contribution in [3.8, 4) is 6.07 Å². The number of nitrogens with zero attached hydrogens (tertiary/aromatic N) is 2. The number of hydrogen-bond donors (Lipinski definition) is 0. The first-order valence-electron chi connectivity index (χ1n) is 5.22. The smallest absolute Gasteiger partial charge is 0.226 e. The Kier molecular flexibility index (Phi) is 2.86. The lowest BCUT2D eigenvalue weighted by molar-refractivity contribution is -0.119. The van der Waals surface area contributed by atoms with Crippen molar-refractivity contribution < 1.29 is 9.18 Å². The van der Waals surface area contributed by atoms with Crippen LogP contribution in [0.25, 0.3) is 0 Å². The predicted molar refractivity (Wildman–Crippen MR) is 57.3 cm³/mol. The molecular weight excluding hydrogens is 207 g/mol. The number of carbonyl (C=O) groups is 1. The van der Waals surface area contributed by atoms with Crippen molar-refractivity contribution in [1.82, 2.24) is 0 Å². The molecule has 0 bridgehead atoms. The third-order valence-electron chi connectivity index (χ3n) is 2.71. The number of nitriles is 1. The van der Waals surface area contributed by atoms with Gasteiger partial charge in [-0.15, -0.1) is 0 Å². The second-order valence-corrected chi connectivity index (χ2v) is 3.78. The summed E-state index contributed by atoms with van der Waals surface area (Å²) in [5.74, 6) is -0.502. The Morgan fingerprint density at radius 3 is 2.88 bits per heavy atom. The van der Waals surface area contributed by atoms with Gasteiger partial charge in [0.15, 0.2) is 0 Å². The van der Waals surface area contributed by atoms with Crippen LogP contribution in [-0.2, 0) is 4.79 Å². The second-order valence-electron chi connectivity index (χ2n) is 3.78. The molecule has 1 fully saturated rings. The molecule has 1 aliphatic heterocycles. The zero-order chi connectivity index (χ0) is 11.5. The molecule has 0 unspecified atom stereocenters. The van der Waals surface area contributed by atoms with E-state index in [1.807, 2.05) is 0 Å². The quantitative estimate of drug-likeness (QED) is 0.725. The molecule has 0 saturated carbocycles. The third-order valence-corrected chi connectivity index (χ3v) is 2.71. The SMILES string of the molecule is N#Cc1cc(N2CCCCC2=O)ccc1F. The van der Waals surface area contributed by atoms with Crippen LogP contribution in [0.15, 0.2) is 18.2 Å². The first-order chi connectivity index (χ1) is 7.72. The highest BCUT2D eigenvalue weighted by molar-refractivity contribution is 5.94. The van der Waals surface area contributed by atoms with E-state index in [-0.39, 0.29) is 11.5 Å². The number of halogens is 1. The van der Waals surface area contributed by atoms with Gasteiger partial charge in [-0.2, -0.15) is 5.26 Å². The minimum atomic E-state index is -0.546. The number of hydrogen-bond acceptors (Lipinski definition) is 2. The maximum atomic E-state index is 13.1. The van der Waals surface area contributed by atoms with Gasteiger partial charge >= 0.3 is 0 Å². The van der Waals surface area contributed by atoms with Gasteiger partial charge in [-0.25, -0.2) is 4.39 Å². The summed E-state index contributed by atoms with van der Waals surface area (Å²) in [5.41, 5.74) is 0.596. The Labute approximate surface area is 93.1 Å². The summed E-state index contributed by atoms with van der Waals surface area (Å²) in [6.45, 7) is 0.648. The fourth-order valence-corrected chi connectivity index (χ4v) is 1.85. The average Bonchev–Trinajstić information content (AvgIpc) is 2.31. The first-order valence-corrected chi connectivity index (χ1v) is 5.22. The van der Waals surface area contributed by atoms with Gasteiger partial charge in [0.25, 0.3) is 0 Å². The topological polar surface area (TPSA) is 44.1 Å². The lowest BCUT2D eigenvalue weighted by Gasteiger charge is -2.26. The van der Waals surface area contributed by atoms with E-state index in [1.165, 1.54) is 12.1 Å². The van der Waals surface area contributed by atoms with E-state index in [1.54, 1.807) is 17.0 Å². The highest BCUT2D eigenvalue weighted by Gasteiger charge is 2.20. The van der Waals surface area contributed by atoms with Gasteiger partial charge in [-0.3, -0.25) is 4.79 Å². The number of amides is 1. The van der Waals surface area contributed by atoms with Crippen LogP contribution in [0.3, 0.4) is 0 Å². The fourth-order valence-electron chi connectivity index (χ4n) is 1.85. The molecule has 1 aromatic rings. The molecule has 1 aliphatic rings. The fraction of sp³-hybridized carbons (Fsp3) is 0.333. The Balaban J connectivity index is 2.33. The van der Waals surface area contributed by atoms with Crippen LogP contribution in [0.1, 0.15) is 24.8 Å². The number of anilines is 1. The molecule has 3 nitrogen and oxygen atoms in total. The van der Waals surface area contributed by atoms with Crippen LogP contribution in [0.5, 0.6) is 0 Å². The van der Waals surface area contributed by atoms with Gasteiger partial charge < -0.3 is 4.90 Å². The molecule has 1 aromatic carbocycles. The van der Waals surface area contributed by atoms with E-state index in [0.717, 1.165) is 12.8 Å². The van der Waals surface area contributed by atoms with Crippen molar-refractivity contribution in [3.63, 3.8) is 0 Å². The summed E-state index contributed by atoms with van der Waals surface area (Å²) in [5, 5.41) is 8.71. The van der Waals surface area contributed by atoms with Crippen molar-refractivity contribution in [3.05, 3.63) is 29.6 Å². The maximum Gasteiger partial charge on any atom is 0.226 e. The van der Waals surface area contributed by atoms with Gasteiger partial charge in [0.2, 0.25) is 5.91 Å². The molecule has 0 spiro atoms. The lowest BCUT2D eigenvalue weighted by Crippen LogP contribution is -2.35. The highest BCUT2D eigenvalue weighted by Crippen LogP contribution is 2.22. The molecular formula is C12H11FN2O. The number of piperidine rings is 1. The minimum absolute atomic E-state index is 0.0177. The zero-order valence-corrected chi connectivity index (χ0v) is 8.74. The summed E-state index contributed by atoms with van der Waals surface area (Å²) < 4.78 is 13.1. The number of carbonyl (C=O) groups excluding carboxylic acids is 1. The van der Waals surface area contributed by atoms with Crippen LogP contribution in [-0.4, -0.2) is 12.5 Å². The summed E-state index contributed by atoms with van der Waals surface area (Å²) >= 11 is 0. The normalized spacial score (nSPS) is 16.0. The number of rotatable bonds is 1. The van der Waals surface area contributed by atoms with Gasteiger partial charge in [0.05, 0.1) is 5.56 Å². The van der Waals surface area contributed by atoms with Crippen LogP contribution in [0.2, 0.25) is 0 Å². The molecule has 0 aromatic heterocycles. The van der Waals surface area contributed by atoms with Gasteiger partial charge in [0.1, 0.15) is 11.9 Å². The zero-order valence-electron chi connectivity index (χ0n) is 8.74. The maximum absolute atomic E-state index is 13.1. The predicted octanol–water partition coefficient (Wildman–Crippen LogP) is 2.21. The summed E-state index contributed by atoms with van der Waals surface area (Å²) in [4.78, 5) is 13.2. The molecule has 0 N–H and O–H groups in total. The van der Waals surface area contributed by atoms with E-state index < -0.39 is 5.82 Å². The van der Waals surface area contributed by atoms with E-state index >= 15 is 0 Å². The van der Waals surface area contributed by atoms with Gasteiger partial charge in [-0.05, 0) is 31.0 Å². The Bertz CT molecular complexity index is 465. The van der Waals surface area contributed by atoms with Crippen molar-refractivity contribution in [2.24, 2.45) is 0 Å². The van der Waals surface area contributed by atoms with E-state index in [2.05, 4.69) is 0 Å². The lowest BCUT2D eigenvalue weighted by atomic mass is 10.1. The van der Waals surface area contributed by atoms with E-state index in [0.29, 0.717) is 18.7 Å². The third kappa shape index (κ3) is 1.89. The molecule has 82 valence electrons. The van der Waals surface area contributed by atoms with Crippen LogP contribution >= 0.6 is 0 Å². The molecule has 1 amide bonds. The monoisotopic (exact) mass is 218 g/mol. The minimum Gasteiger partial charge on any atom is -0.312 e. The Morgan fingerprint density at radius 2 is 2.19 bits per heavy atom. The summed E-state index contributed by atoms with van der Waals surface area (Å²) in [6, 6.07) is 5.98. The number of benzene rings is 1.